The molecule has 2 nitrogen and oxygen atoms in total. The Morgan fingerprint density at radius 2 is 2.00 bits per heavy atom. The standard InChI is InChI=1S/C11H10O2/c1-8-7-10(13-11(8)12)9-5-3-2-4-6-9/h2-6,10H,1,7H2/t10-/m1/s1. The molecule has 1 saturated heterocycles. The number of esters is 1. The zero-order chi connectivity index (χ0) is 9.26. The van der Waals surface area contributed by atoms with Gasteiger partial charge in [0, 0.05) is 12.0 Å². The van der Waals surface area contributed by atoms with E-state index in [9.17, 15) is 4.79 Å². The summed E-state index contributed by atoms with van der Waals surface area (Å²) >= 11 is 0. The molecule has 13 heavy (non-hydrogen) atoms. The third-order valence-electron chi connectivity index (χ3n) is 2.14. The van der Waals surface area contributed by atoms with Crippen LogP contribution in [0, 0.1) is 0 Å². The summed E-state index contributed by atoms with van der Waals surface area (Å²) in [5.41, 5.74) is 1.60. The predicted octanol–water partition coefficient (Wildman–Crippen LogP) is 2.23. The summed E-state index contributed by atoms with van der Waals surface area (Å²) in [6.07, 6.45) is 0.490. The minimum atomic E-state index is -0.270. The van der Waals surface area contributed by atoms with E-state index in [0.717, 1.165) is 5.56 Å². The number of carbonyl (C=O) groups excluding carboxylic acids is 1. The van der Waals surface area contributed by atoms with Gasteiger partial charge < -0.3 is 4.74 Å². The molecular formula is C11H10O2. The summed E-state index contributed by atoms with van der Waals surface area (Å²) in [7, 11) is 0. The van der Waals surface area contributed by atoms with Gasteiger partial charge in [0.05, 0.1) is 0 Å². The van der Waals surface area contributed by atoms with Crippen LogP contribution in [0.2, 0.25) is 0 Å². The molecule has 1 atom stereocenters. The van der Waals surface area contributed by atoms with Crippen molar-refractivity contribution in [1.82, 2.24) is 0 Å². The van der Waals surface area contributed by atoms with Crippen molar-refractivity contribution in [2.24, 2.45) is 0 Å². The third kappa shape index (κ3) is 1.47. The first kappa shape index (κ1) is 8.05. The van der Waals surface area contributed by atoms with E-state index in [2.05, 4.69) is 6.58 Å². The Morgan fingerprint density at radius 3 is 2.54 bits per heavy atom. The van der Waals surface area contributed by atoms with E-state index < -0.39 is 0 Å². The summed E-state index contributed by atoms with van der Waals surface area (Å²) in [6.45, 7) is 3.64. The molecule has 0 unspecified atom stereocenters. The molecule has 1 aliphatic heterocycles. The number of cyclic esters (lactones) is 1. The van der Waals surface area contributed by atoms with Crippen LogP contribution in [-0.2, 0) is 9.53 Å². The number of hydrogen-bond donors (Lipinski definition) is 0. The molecule has 0 bridgehead atoms. The van der Waals surface area contributed by atoms with Crippen LogP contribution in [0.5, 0.6) is 0 Å². The lowest BCUT2D eigenvalue weighted by Gasteiger charge is -2.07. The third-order valence-corrected chi connectivity index (χ3v) is 2.14. The summed E-state index contributed by atoms with van der Waals surface area (Å²) in [5, 5.41) is 0. The molecule has 1 aromatic rings. The molecule has 0 saturated carbocycles. The van der Waals surface area contributed by atoms with Crippen LogP contribution in [0.4, 0.5) is 0 Å². The monoisotopic (exact) mass is 174 g/mol. The number of rotatable bonds is 1. The molecule has 0 N–H and O–H groups in total. The van der Waals surface area contributed by atoms with Crippen LogP contribution in [0.25, 0.3) is 0 Å². The summed E-state index contributed by atoms with van der Waals surface area (Å²) in [6, 6.07) is 9.72. The average molecular weight is 174 g/mol. The molecule has 1 fully saturated rings. The second kappa shape index (κ2) is 3.05. The van der Waals surface area contributed by atoms with Gasteiger partial charge in [-0.1, -0.05) is 36.9 Å². The predicted molar refractivity (Wildman–Crippen MR) is 49.0 cm³/mol. The van der Waals surface area contributed by atoms with Crippen LogP contribution < -0.4 is 0 Å². The highest BCUT2D eigenvalue weighted by Crippen LogP contribution is 2.31. The van der Waals surface area contributed by atoms with Crippen molar-refractivity contribution in [3.8, 4) is 0 Å². The lowest BCUT2D eigenvalue weighted by atomic mass is 10.1. The maximum atomic E-state index is 11.0. The Balaban J connectivity index is 2.21. The van der Waals surface area contributed by atoms with Gasteiger partial charge in [0.25, 0.3) is 0 Å². The van der Waals surface area contributed by atoms with E-state index in [1.165, 1.54) is 0 Å². The van der Waals surface area contributed by atoms with E-state index in [4.69, 9.17) is 4.74 Å². The van der Waals surface area contributed by atoms with Crippen LogP contribution in [0.1, 0.15) is 18.1 Å². The molecule has 0 aromatic heterocycles. The Hall–Kier alpha value is -1.57. The highest BCUT2D eigenvalue weighted by molar-refractivity contribution is 5.90. The van der Waals surface area contributed by atoms with Crippen molar-refractivity contribution in [3.05, 3.63) is 48.0 Å². The minimum Gasteiger partial charge on any atom is -0.454 e. The fourth-order valence-electron chi connectivity index (χ4n) is 1.41. The SMILES string of the molecule is C=C1C[C@H](c2ccccc2)OC1=O. The Morgan fingerprint density at radius 1 is 1.31 bits per heavy atom. The van der Waals surface area contributed by atoms with Gasteiger partial charge in [0.2, 0.25) is 0 Å². The van der Waals surface area contributed by atoms with Gasteiger partial charge in [-0.3, -0.25) is 0 Å². The number of benzene rings is 1. The second-order valence-electron chi connectivity index (χ2n) is 3.11. The minimum absolute atomic E-state index is 0.124. The first-order valence-electron chi connectivity index (χ1n) is 4.21. The highest BCUT2D eigenvalue weighted by atomic mass is 16.5. The van der Waals surface area contributed by atoms with E-state index in [1.807, 2.05) is 30.3 Å². The van der Waals surface area contributed by atoms with Gasteiger partial charge in [-0.05, 0) is 5.56 Å². The average Bonchev–Trinajstić information content (AvgIpc) is 2.49. The normalized spacial score (nSPS) is 21.7. The maximum Gasteiger partial charge on any atom is 0.334 e. The summed E-state index contributed by atoms with van der Waals surface area (Å²) in [5.74, 6) is -0.270. The van der Waals surface area contributed by atoms with Gasteiger partial charge >= 0.3 is 5.97 Å². The largest absolute Gasteiger partial charge is 0.454 e. The Bertz CT molecular complexity index is 324. The molecule has 0 amide bonds. The molecule has 66 valence electrons. The Kier molecular flexibility index (Phi) is 1.89. The zero-order valence-corrected chi connectivity index (χ0v) is 7.19. The van der Waals surface area contributed by atoms with E-state index in [0.29, 0.717) is 12.0 Å². The molecule has 0 radical (unpaired) electrons. The molecule has 2 heteroatoms. The van der Waals surface area contributed by atoms with Crippen molar-refractivity contribution in [3.63, 3.8) is 0 Å². The topological polar surface area (TPSA) is 26.3 Å². The fourth-order valence-corrected chi connectivity index (χ4v) is 1.41. The summed E-state index contributed by atoms with van der Waals surface area (Å²) < 4.78 is 5.12. The van der Waals surface area contributed by atoms with Crippen molar-refractivity contribution in [1.29, 1.82) is 0 Å². The molecular weight excluding hydrogens is 164 g/mol. The zero-order valence-electron chi connectivity index (χ0n) is 7.19. The fraction of sp³-hybridized carbons (Fsp3) is 0.182. The van der Waals surface area contributed by atoms with Crippen molar-refractivity contribution >= 4 is 5.97 Å². The lowest BCUT2D eigenvalue weighted by molar-refractivity contribution is -0.139. The van der Waals surface area contributed by atoms with E-state index in [1.54, 1.807) is 0 Å². The van der Waals surface area contributed by atoms with Gasteiger partial charge in [-0.2, -0.15) is 0 Å². The van der Waals surface area contributed by atoms with Crippen molar-refractivity contribution in [2.45, 2.75) is 12.5 Å². The quantitative estimate of drug-likeness (QED) is 0.482. The molecule has 1 heterocycles. The molecule has 2 rings (SSSR count). The second-order valence-corrected chi connectivity index (χ2v) is 3.11. The van der Waals surface area contributed by atoms with Gasteiger partial charge in [0.15, 0.2) is 0 Å². The van der Waals surface area contributed by atoms with Crippen LogP contribution >= 0.6 is 0 Å². The van der Waals surface area contributed by atoms with Crippen LogP contribution in [0.3, 0.4) is 0 Å². The first-order valence-corrected chi connectivity index (χ1v) is 4.21. The molecule has 0 spiro atoms. The van der Waals surface area contributed by atoms with Crippen molar-refractivity contribution < 1.29 is 9.53 Å². The molecule has 1 aromatic carbocycles. The van der Waals surface area contributed by atoms with Gasteiger partial charge in [-0.15, -0.1) is 0 Å². The summed E-state index contributed by atoms with van der Waals surface area (Å²) in [4.78, 5) is 11.0. The smallest absolute Gasteiger partial charge is 0.334 e. The number of ether oxygens (including phenoxy) is 1. The first-order chi connectivity index (χ1) is 6.27. The molecule has 1 aliphatic rings. The highest BCUT2D eigenvalue weighted by Gasteiger charge is 2.27. The van der Waals surface area contributed by atoms with Crippen LogP contribution in [0.15, 0.2) is 42.5 Å². The van der Waals surface area contributed by atoms with E-state index in [-0.39, 0.29) is 12.1 Å². The van der Waals surface area contributed by atoms with E-state index >= 15 is 0 Å². The Labute approximate surface area is 76.8 Å². The molecule has 0 aliphatic carbocycles. The van der Waals surface area contributed by atoms with Crippen molar-refractivity contribution in [2.75, 3.05) is 0 Å². The van der Waals surface area contributed by atoms with Gasteiger partial charge in [-0.25, -0.2) is 4.79 Å². The van der Waals surface area contributed by atoms with Gasteiger partial charge in [0.1, 0.15) is 6.10 Å². The lowest BCUT2D eigenvalue weighted by Crippen LogP contribution is -1.98. The number of hydrogen-bond acceptors (Lipinski definition) is 2. The van der Waals surface area contributed by atoms with Crippen LogP contribution in [-0.4, -0.2) is 5.97 Å². The number of carbonyl (C=O) groups is 1. The maximum absolute atomic E-state index is 11.0.